The highest BCUT2D eigenvalue weighted by Crippen LogP contribution is 2.30. The number of carbonyl (C=O) groups excluding carboxylic acids is 1. The normalized spacial score (nSPS) is 11.9. The van der Waals surface area contributed by atoms with Gasteiger partial charge in [0.15, 0.2) is 0 Å². The monoisotopic (exact) mass is 487 g/mol. The van der Waals surface area contributed by atoms with E-state index < -0.39 is 0 Å². The number of aromatic nitrogens is 2. The molecule has 6 nitrogen and oxygen atoms in total. The molecule has 35 heavy (non-hydrogen) atoms. The number of phenols is 1. The van der Waals surface area contributed by atoms with Crippen LogP contribution in [0, 0.1) is 13.8 Å². The third kappa shape index (κ3) is 6.31. The predicted molar refractivity (Wildman–Crippen MR) is 140 cm³/mol. The summed E-state index contributed by atoms with van der Waals surface area (Å²) in [6.45, 7) is 6.36. The van der Waals surface area contributed by atoms with E-state index in [4.69, 9.17) is 4.74 Å². The van der Waals surface area contributed by atoms with Gasteiger partial charge in [0.1, 0.15) is 5.75 Å². The molecule has 4 aromatic rings. The number of amides is 1. The first-order valence-corrected chi connectivity index (χ1v) is 12.4. The summed E-state index contributed by atoms with van der Waals surface area (Å²) >= 11 is 1.29. The summed E-state index contributed by atoms with van der Waals surface area (Å²) in [6.07, 6.45) is 0.691. The summed E-state index contributed by atoms with van der Waals surface area (Å²) in [6, 6.07) is 21.0. The molecule has 0 fully saturated rings. The molecule has 0 saturated heterocycles. The third-order valence-corrected chi connectivity index (χ3v) is 6.60. The number of nitrogens with one attached hydrogen (secondary N) is 1. The van der Waals surface area contributed by atoms with E-state index in [9.17, 15) is 9.90 Å². The number of benzene rings is 2. The molecule has 1 amide bonds. The van der Waals surface area contributed by atoms with Gasteiger partial charge in [-0.15, -0.1) is 0 Å². The number of aromatic hydroxyl groups is 1. The molecular weight excluding hydrogens is 458 g/mol. The minimum absolute atomic E-state index is 0.118. The van der Waals surface area contributed by atoms with E-state index in [1.807, 2.05) is 75.4 Å². The van der Waals surface area contributed by atoms with Crippen LogP contribution in [0.5, 0.6) is 11.6 Å². The molecule has 1 unspecified atom stereocenters. The second-order valence-corrected chi connectivity index (χ2v) is 9.32. The molecule has 2 heterocycles. The summed E-state index contributed by atoms with van der Waals surface area (Å²) in [5, 5.41) is 11.4. The molecule has 0 saturated carbocycles. The SMILES string of the molecule is CCOc1cccc(C(CC(=O)NSc2cccc3nc(C)ccc23)Cc2cc(C)ccc2O)n1. The minimum Gasteiger partial charge on any atom is -0.508 e. The Morgan fingerprint density at radius 1 is 1.06 bits per heavy atom. The smallest absolute Gasteiger partial charge is 0.230 e. The fourth-order valence-electron chi connectivity index (χ4n) is 4.01. The average molecular weight is 488 g/mol. The molecule has 0 spiro atoms. The van der Waals surface area contributed by atoms with Gasteiger partial charge in [0.2, 0.25) is 11.8 Å². The van der Waals surface area contributed by atoms with Gasteiger partial charge in [-0.25, -0.2) is 4.98 Å². The maximum absolute atomic E-state index is 13.1. The van der Waals surface area contributed by atoms with Crippen molar-refractivity contribution in [3.8, 4) is 11.6 Å². The van der Waals surface area contributed by atoms with Crippen LogP contribution in [-0.2, 0) is 11.2 Å². The van der Waals surface area contributed by atoms with Crippen molar-refractivity contribution in [1.82, 2.24) is 14.7 Å². The van der Waals surface area contributed by atoms with Gasteiger partial charge in [0.05, 0.1) is 12.1 Å². The molecule has 0 bridgehead atoms. The van der Waals surface area contributed by atoms with Gasteiger partial charge in [-0.3, -0.25) is 14.5 Å². The zero-order valence-corrected chi connectivity index (χ0v) is 20.9. The van der Waals surface area contributed by atoms with Gasteiger partial charge >= 0.3 is 0 Å². The lowest BCUT2D eigenvalue weighted by atomic mass is 9.91. The van der Waals surface area contributed by atoms with E-state index in [-0.39, 0.29) is 24.0 Å². The fourth-order valence-corrected chi connectivity index (χ4v) is 4.74. The molecule has 180 valence electrons. The second-order valence-electron chi connectivity index (χ2n) is 8.47. The minimum atomic E-state index is -0.236. The highest BCUT2D eigenvalue weighted by Gasteiger charge is 2.21. The number of ether oxygens (including phenoxy) is 1. The summed E-state index contributed by atoms with van der Waals surface area (Å²) in [5.41, 5.74) is 4.44. The van der Waals surface area contributed by atoms with Crippen molar-refractivity contribution >= 4 is 28.8 Å². The number of pyridine rings is 2. The van der Waals surface area contributed by atoms with Crippen LogP contribution in [0.3, 0.4) is 0 Å². The largest absolute Gasteiger partial charge is 0.508 e. The molecule has 2 aromatic heterocycles. The summed E-state index contributed by atoms with van der Waals surface area (Å²) in [5.74, 6) is 0.389. The molecule has 0 radical (unpaired) electrons. The highest BCUT2D eigenvalue weighted by molar-refractivity contribution is 7.98. The Morgan fingerprint density at radius 3 is 2.71 bits per heavy atom. The maximum Gasteiger partial charge on any atom is 0.230 e. The first-order chi connectivity index (χ1) is 16.9. The van der Waals surface area contributed by atoms with Crippen LogP contribution in [0.1, 0.15) is 41.8 Å². The quantitative estimate of drug-likeness (QED) is 0.286. The lowest BCUT2D eigenvalue weighted by Crippen LogP contribution is -2.20. The second kappa shape index (κ2) is 11.2. The van der Waals surface area contributed by atoms with E-state index in [0.29, 0.717) is 18.9 Å². The van der Waals surface area contributed by atoms with Gasteiger partial charge in [0.25, 0.3) is 0 Å². The van der Waals surface area contributed by atoms with Crippen LogP contribution in [0.25, 0.3) is 10.9 Å². The van der Waals surface area contributed by atoms with E-state index >= 15 is 0 Å². The number of fused-ring (bicyclic) bond motifs is 1. The number of carbonyl (C=O) groups is 1. The van der Waals surface area contributed by atoms with Crippen molar-refractivity contribution in [2.75, 3.05) is 6.61 Å². The van der Waals surface area contributed by atoms with Crippen molar-refractivity contribution < 1.29 is 14.6 Å². The molecule has 1 atom stereocenters. The van der Waals surface area contributed by atoms with Gasteiger partial charge < -0.3 is 9.84 Å². The molecule has 0 aliphatic carbocycles. The lowest BCUT2D eigenvalue weighted by Gasteiger charge is -2.18. The Bertz CT molecular complexity index is 1340. The number of nitrogens with zero attached hydrogens (tertiary/aromatic N) is 2. The molecular formula is C28H29N3O3S. The third-order valence-electron chi connectivity index (χ3n) is 5.69. The Kier molecular flexibility index (Phi) is 7.87. The van der Waals surface area contributed by atoms with Crippen LogP contribution in [0.4, 0.5) is 0 Å². The van der Waals surface area contributed by atoms with Crippen LogP contribution in [0.2, 0.25) is 0 Å². The Morgan fingerprint density at radius 2 is 1.89 bits per heavy atom. The molecule has 0 aliphatic rings. The van der Waals surface area contributed by atoms with Crippen molar-refractivity contribution in [2.45, 2.75) is 44.4 Å². The van der Waals surface area contributed by atoms with Gasteiger partial charge in [-0.2, -0.15) is 0 Å². The van der Waals surface area contributed by atoms with Crippen molar-refractivity contribution in [3.05, 3.63) is 89.2 Å². The Hall–Kier alpha value is -3.58. The molecule has 4 rings (SSSR count). The summed E-state index contributed by atoms with van der Waals surface area (Å²) < 4.78 is 8.56. The first-order valence-electron chi connectivity index (χ1n) is 11.6. The highest BCUT2D eigenvalue weighted by atomic mass is 32.2. The van der Waals surface area contributed by atoms with Crippen LogP contribution in [0.15, 0.2) is 71.6 Å². The van der Waals surface area contributed by atoms with E-state index in [0.717, 1.165) is 38.3 Å². The summed E-state index contributed by atoms with van der Waals surface area (Å²) in [7, 11) is 0. The van der Waals surface area contributed by atoms with Gasteiger partial charge in [-0.1, -0.05) is 29.8 Å². The molecule has 2 N–H and O–H groups in total. The van der Waals surface area contributed by atoms with E-state index in [1.165, 1.54) is 11.9 Å². The predicted octanol–water partition coefficient (Wildman–Crippen LogP) is 5.89. The topological polar surface area (TPSA) is 84.3 Å². The average Bonchev–Trinajstić information content (AvgIpc) is 2.84. The number of hydrogen-bond donors (Lipinski definition) is 2. The van der Waals surface area contributed by atoms with Crippen LogP contribution in [-0.4, -0.2) is 27.6 Å². The number of aryl methyl sites for hydroxylation is 2. The van der Waals surface area contributed by atoms with Crippen LogP contribution < -0.4 is 9.46 Å². The molecule has 7 heteroatoms. The Labute approximate surface area is 209 Å². The van der Waals surface area contributed by atoms with Crippen molar-refractivity contribution in [2.24, 2.45) is 0 Å². The summed E-state index contributed by atoms with van der Waals surface area (Å²) in [4.78, 5) is 23.2. The van der Waals surface area contributed by atoms with E-state index in [2.05, 4.69) is 14.7 Å². The first kappa shape index (κ1) is 24.5. The number of rotatable bonds is 9. The maximum atomic E-state index is 13.1. The zero-order chi connectivity index (χ0) is 24.8. The van der Waals surface area contributed by atoms with Crippen molar-refractivity contribution in [3.63, 3.8) is 0 Å². The van der Waals surface area contributed by atoms with E-state index in [1.54, 1.807) is 12.1 Å². The van der Waals surface area contributed by atoms with Gasteiger partial charge in [-0.05, 0) is 81.1 Å². The number of hydrogen-bond acceptors (Lipinski definition) is 6. The lowest BCUT2D eigenvalue weighted by molar-refractivity contribution is -0.119. The Balaban J connectivity index is 1.54. The van der Waals surface area contributed by atoms with Gasteiger partial charge in [0, 0.05) is 40.1 Å². The molecule has 0 aliphatic heterocycles. The fraction of sp³-hybridized carbons (Fsp3) is 0.250. The zero-order valence-electron chi connectivity index (χ0n) is 20.1. The molecule has 2 aromatic carbocycles. The van der Waals surface area contributed by atoms with Crippen LogP contribution >= 0.6 is 11.9 Å². The standard InChI is InChI=1S/C28H29N3O3S/c1-4-34-28-10-6-7-23(30-28)20(16-21-15-18(2)11-14-25(21)32)17-27(33)31-35-26-9-5-8-24-22(26)13-12-19(3)29-24/h5-15,20,32H,4,16-17H2,1-3H3,(H,31,33). The number of phenolic OH excluding ortho intramolecular Hbond substituents is 1. The van der Waals surface area contributed by atoms with Crippen molar-refractivity contribution in [1.29, 1.82) is 0 Å².